The van der Waals surface area contributed by atoms with Crippen LogP contribution in [0.25, 0.3) is 0 Å². The minimum absolute atomic E-state index is 0. The van der Waals surface area contributed by atoms with E-state index in [1.807, 2.05) is 12.1 Å². The molecule has 0 bridgehead atoms. The monoisotopic (exact) mass is 376 g/mol. The van der Waals surface area contributed by atoms with Gasteiger partial charge in [-0.15, -0.1) is 12.4 Å². The number of amides is 3. The van der Waals surface area contributed by atoms with Crippen LogP contribution in [0.1, 0.15) is 31.7 Å². The highest BCUT2D eigenvalue weighted by Crippen LogP contribution is 2.08. The normalized spacial score (nSPS) is 11.1. The van der Waals surface area contributed by atoms with Gasteiger partial charge < -0.3 is 21.7 Å². The van der Waals surface area contributed by atoms with Crippen LogP contribution < -0.4 is 21.7 Å². The van der Waals surface area contributed by atoms with Crippen LogP contribution in [0.15, 0.2) is 24.3 Å². The summed E-state index contributed by atoms with van der Waals surface area (Å²) in [5.74, 6) is -0.238. The molecule has 0 spiro atoms. The summed E-state index contributed by atoms with van der Waals surface area (Å²) in [5, 5.41) is 8.66. The van der Waals surface area contributed by atoms with Crippen LogP contribution in [0.2, 0.25) is 5.02 Å². The van der Waals surface area contributed by atoms with Crippen molar-refractivity contribution in [2.45, 2.75) is 38.8 Å². The van der Waals surface area contributed by atoms with Gasteiger partial charge in [0.2, 0.25) is 5.91 Å². The molecule has 0 aliphatic carbocycles. The lowest BCUT2D eigenvalue weighted by atomic mass is 10.1. The first kappa shape index (κ1) is 22.5. The molecule has 0 radical (unpaired) electrons. The van der Waals surface area contributed by atoms with Crippen LogP contribution in [0, 0.1) is 0 Å². The second kappa shape index (κ2) is 12.9. The Morgan fingerprint density at radius 2 is 1.88 bits per heavy atom. The summed E-state index contributed by atoms with van der Waals surface area (Å²) in [6, 6.07) is 6.73. The maximum Gasteiger partial charge on any atom is 0.315 e. The lowest BCUT2D eigenvalue weighted by Gasteiger charge is -2.16. The number of hydrogen-bond acceptors (Lipinski definition) is 3. The van der Waals surface area contributed by atoms with Gasteiger partial charge in [0, 0.05) is 24.2 Å². The van der Waals surface area contributed by atoms with E-state index in [1.54, 1.807) is 12.1 Å². The average molecular weight is 377 g/mol. The fourth-order valence-electron chi connectivity index (χ4n) is 1.99. The zero-order valence-corrected chi connectivity index (χ0v) is 15.4. The molecule has 0 saturated heterocycles. The third kappa shape index (κ3) is 9.60. The van der Waals surface area contributed by atoms with Crippen LogP contribution in [0.3, 0.4) is 0 Å². The molecule has 3 amide bonds. The number of rotatable bonds is 9. The second-order valence-corrected chi connectivity index (χ2v) is 5.74. The Morgan fingerprint density at radius 3 is 2.46 bits per heavy atom. The number of unbranched alkanes of at least 4 members (excludes halogenated alkanes) is 1. The van der Waals surface area contributed by atoms with E-state index in [2.05, 4.69) is 22.9 Å². The number of carbonyl (C=O) groups excluding carboxylic acids is 2. The van der Waals surface area contributed by atoms with Crippen molar-refractivity contribution >= 4 is 35.9 Å². The Labute approximate surface area is 154 Å². The molecule has 1 atom stereocenters. The Kier molecular flexibility index (Phi) is 12.1. The fourth-order valence-corrected chi connectivity index (χ4v) is 2.11. The third-order valence-electron chi connectivity index (χ3n) is 3.33. The van der Waals surface area contributed by atoms with Gasteiger partial charge >= 0.3 is 6.03 Å². The molecule has 0 saturated carbocycles. The molecular formula is C16H26Cl2N4O2. The highest BCUT2D eigenvalue weighted by molar-refractivity contribution is 6.30. The van der Waals surface area contributed by atoms with Gasteiger partial charge in [-0.1, -0.05) is 43.5 Å². The standard InChI is InChI=1S/C16H25ClN4O2.ClH/c1-2-3-4-14(9-18)21-15(22)11-20-16(23)19-10-12-5-7-13(17)8-6-12;/h5-8,14H,2-4,9-11,18H2,1H3,(H,21,22)(H2,19,20,23);1H. The summed E-state index contributed by atoms with van der Waals surface area (Å²) >= 11 is 5.79. The van der Waals surface area contributed by atoms with E-state index in [0.717, 1.165) is 24.8 Å². The van der Waals surface area contributed by atoms with Gasteiger partial charge in [0.25, 0.3) is 0 Å². The highest BCUT2D eigenvalue weighted by Gasteiger charge is 2.11. The predicted octanol–water partition coefficient (Wildman–Crippen LogP) is 2.19. The van der Waals surface area contributed by atoms with E-state index in [9.17, 15) is 9.59 Å². The Morgan fingerprint density at radius 1 is 1.21 bits per heavy atom. The van der Waals surface area contributed by atoms with Gasteiger partial charge in [0.15, 0.2) is 0 Å². The lowest BCUT2D eigenvalue weighted by molar-refractivity contribution is -0.120. The summed E-state index contributed by atoms with van der Waals surface area (Å²) in [4.78, 5) is 23.4. The van der Waals surface area contributed by atoms with Crippen molar-refractivity contribution in [3.8, 4) is 0 Å². The predicted molar refractivity (Wildman–Crippen MR) is 99.4 cm³/mol. The molecular weight excluding hydrogens is 351 g/mol. The van der Waals surface area contributed by atoms with E-state index < -0.39 is 6.03 Å². The highest BCUT2D eigenvalue weighted by atomic mass is 35.5. The molecule has 6 nitrogen and oxygen atoms in total. The van der Waals surface area contributed by atoms with Crippen molar-refractivity contribution in [1.82, 2.24) is 16.0 Å². The number of hydrogen-bond donors (Lipinski definition) is 4. The SMILES string of the molecule is CCCCC(CN)NC(=O)CNC(=O)NCc1ccc(Cl)cc1.Cl. The summed E-state index contributed by atoms with van der Waals surface area (Å²) in [7, 11) is 0. The number of nitrogens with two attached hydrogens (primary N) is 1. The quantitative estimate of drug-likeness (QED) is 0.531. The second-order valence-electron chi connectivity index (χ2n) is 5.31. The number of halogens is 2. The molecule has 0 heterocycles. The zero-order valence-electron chi connectivity index (χ0n) is 13.8. The van der Waals surface area contributed by atoms with Gasteiger partial charge in [-0.25, -0.2) is 4.79 Å². The maximum absolute atomic E-state index is 11.8. The first-order chi connectivity index (χ1) is 11.0. The molecule has 0 aliphatic heterocycles. The number of benzene rings is 1. The maximum atomic E-state index is 11.8. The minimum Gasteiger partial charge on any atom is -0.351 e. The van der Waals surface area contributed by atoms with Crippen molar-refractivity contribution < 1.29 is 9.59 Å². The largest absolute Gasteiger partial charge is 0.351 e. The molecule has 1 unspecified atom stereocenters. The van der Waals surface area contributed by atoms with E-state index in [0.29, 0.717) is 18.1 Å². The first-order valence-electron chi connectivity index (χ1n) is 7.80. The lowest BCUT2D eigenvalue weighted by Crippen LogP contribution is -2.46. The van der Waals surface area contributed by atoms with Gasteiger partial charge in [-0.3, -0.25) is 4.79 Å². The minimum atomic E-state index is -0.395. The van der Waals surface area contributed by atoms with Crippen LogP contribution in [-0.4, -0.2) is 31.1 Å². The molecule has 0 aliphatic rings. The molecule has 8 heteroatoms. The summed E-state index contributed by atoms with van der Waals surface area (Å²) in [6.07, 6.45) is 2.91. The van der Waals surface area contributed by atoms with Gasteiger partial charge in [0.1, 0.15) is 0 Å². The molecule has 136 valence electrons. The van der Waals surface area contributed by atoms with E-state index >= 15 is 0 Å². The van der Waals surface area contributed by atoms with Crippen molar-refractivity contribution in [2.24, 2.45) is 5.73 Å². The van der Waals surface area contributed by atoms with Gasteiger partial charge in [-0.05, 0) is 24.1 Å². The van der Waals surface area contributed by atoms with E-state index in [-0.39, 0.29) is 30.9 Å². The molecule has 0 aromatic heterocycles. The number of nitrogens with one attached hydrogen (secondary N) is 3. The average Bonchev–Trinajstić information content (AvgIpc) is 2.56. The Balaban J connectivity index is 0.00000529. The summed E-state index contributed by atoms with van der Waals surface area (Å²) < 4.78 is 0. The number of carbonyl (C=O) groups is 2. The summed E-state index contributed by atoms with van der Waals surface area (Å²) in [6.45, 7) is 2.78. The molecule has 1 aromatic rings. The van der Waals surface area contributed by atoms with Crippen LogP contribution in [0.4, 0.5) is 4.79 Å². The van der Waals surface area contributed by atoms with Crippen molar-refractivity contribution in [3.63, 3.8) is 0 Å². The van der Waals surface area contributed by atoms with Crippen LogP contribution in [-0.2, 0) is 11.3 Å². The third-order valence-corrected chi connectivity index (χ3v) is 3.58. The number of urea groups is 1. The Hall–Kier alpha value is -1.50. The molecule has 5 N–H and O–H groups in total. The first-order valence-corrected chi connectivity index (χ1v) is 8.18. The van der Waals surface area contributed by atoms with Crippen LogP contribution >= 0.6 is 24.0 Å². The molecule has 1 aromatic carbocycles. The topological polar surface area (TPSA) is 96.2 Å². The zero-order chi connectivity index (χ0) is 17.1. The van der Waals surface area contributed by atoms with Crippen molar-refractivity contribution in [1.29, 1.82) is 0 Å². The smallest absolute Gasteiger partial charge is 0.315 e. The van der Waals surface area contributed by atoms with Gasteiger partial charge in [0.05, 0.1) is 6.54 Å². The van der Waals surface area contributed by atoms with E-state index in [1.165, 1.54) is 0 Å². The van der Waals surface area contributed by atoms with Crippen LogP contribution in [0.5, 0.6) is 0 Å². The van der Waals surface area contributed by atoms with Gasteiger partial charge in [-0.2, -0.15) is 0 Å². The molecule has 0 fully saturated rings. The molecule has 1 rings (SSSR count). The van der Waals surface area contributed by atoms with Crippen molar-refractivity contribution in [2.75, 3.05) is 13.1 Å². The molecule has 24 heavy (non-hydrogen) atoms. The van der Waals surface area contributed by atoms with E-state index in [4.69, 9.17) is 17.3 Å². The fraction of sp³-hybridized carbons (Fsp3) is 0.500. The van der Waals surface area contributed by atoms with Crippen molar-refractivity contribution in [3.05, 3.63) is 34.9 Å². The Bertz CT molecular complexity index is 497. The summed E-state index contributed by atoms with van der Waals surface area (Å²) in [5.41, 5.74) is 6.54.